The highest BCUT2D eigenvalue weighted by Crippen LogP contribution is 2.19. The predicted octanol–water partition coefficient (Wildman–Crippen LogP) is 3.78. The molecule has 1 aromatic heterocycles. The molecule has 0 aliphatic rings. The van der Waals surface area contributed by atoms with Crippen molar-refractivity contribution in [1.29, 1.82) is 0 Å². The number of furan rings is 1. The van der Waals surface area contributed by atoms with Crippen molar-refractivity contribution in [2.24, 2.45) is 0 Å². The Morgan fingerprint density at radius 3 is 2.47 bits per heavy atom. The Balaban J connectivity index is 2.15. The van der Waals surface area contributed by atoms with E-state index in [1.54, 1.807) is 6.07 Å². The number of aryl methyl sites for hydroxylation is 2. The SMILES string of the molecule is CC[C@H](NC(=O)c1cc(C)oc1C)c1ccccc1. The summed E-state index contributed by atoms with van der Waals surface area (Å²) in [5, 5.41) is 3.05. The van der Waals surface area contributed by atoms with E-state index in [-0.39, 0.29) is 11.9 Å². The second kappa shape index (κ2) is 5.74. The number of hydrogen-bond acceptors (Lipinski definition) is 2. The van der Waals surface area contributed by atoms with Gasteiger partial charge in [-0.2, -0.15) is 0 Å². The van der Waals surface area contributed by atoms with Crippen molar-refractivity contribution >= 4 is 5.91 Å². The number of carbonyl (C=O) groups excluding carboxylic acids is 1. The summed E-state index contributed by atoms with van der Waals surface area (Å²) in [7, 11) is 0. The topological polar surface area (TPSA) is 42.2 Å². The molecule has 0 saturated carbocycles. The van der Waals surface area contributed by atoms with Crippen LogP contribution in [0.1, 0.15) is 46.8 Å². The first-order valence-electron chi connectivity index (χ1n) is 6.54. The third-order valence-electron chi connectivity index (χ3n) is 3.20. The minimum absolute atomic E-state index is 0.0308. The number of benzene rings is 1. The molecule has 0 aliphatic heterocycles. The highest BCUT2D eigenvalue weighted by Gasteiger charge is 2.17. The molecule has 100 valence electrons. The Hall–Kier alpha value is -2.03. The van der Waals surface area contributed by atoms with Gasteiger partial charge in [-0.3, -0.25) is 4.79 Å². The van der Waals surface area contributed by atoms with E-state index in [0.29, 0.717) is 11.3 Å². The van der Waals surface area contributed by atoms with Crippen LogP contribution in [-0.2, 0) is 0 Å². The molecule has 19 heavy (non-hydrogen) atoms. The van der Waals surface area contributed by atoms with Crippen LogP contribution in [0.5, 0.6) is 0 Å². The molecule has 1 amide bonds. The minimum atomic E-state index is -0.0787. The Labute approximate surface area is 113 Å². The quantitative estimate of drug-likeness (QED) is 0.905. The first kappa shape index (κ1) is 13.4. The number of carbonyl (C=O) groups is 1. The summed E-state index contributed by atoms with van der Waals surface area (Å²) < 4.78 is 5.40. The van der Waals surface area contributed by atoms with Crippen molar-refractivity contribution in [3.8, 4) is 0 Å². The fraction of sp³-hybridized carbons (Fsp3) is 0.312. The van der Waals surface area contributed by atoms with Crippen LogP contribution in [0.2, 0.25) is 0 Å². The summed E-state index contributed by atoms with van der Waals surface area (Å²) in [4.78, 5) is 12.3. The van der Waals surface area contributed by atoms with Crippen molar-refractivity contribution in [2.45, 2.75) is 33.2 Å². The smallest absolute Gasteiger partial charge is 0.255 e. The number of amides is 1. The van der Waals surface area contributed by atoms with Crippen LogP contribution in [0.4, 0.5) is 0 Å². The lowest BCUT2D eigenvalue weighted by atomic mass is 10.0. The van der Waals surface area contributed by atoms with E-state index in [2.05, 4.69) is 12.2 Å². The first-order valence-corrected chi connectivity index (χ1v) is 6.54. The van der Waals surface area contributed by atoms with Gasteiger partial charge in [-0.05, 0) is 31.9 Å². The molecular formula is C16H19NO2. The standard InChI is InChI=1S/C16H19NO2/c1-4-15(13-8-6-5-7-9-13)17-16(18)14-10-11(2)19-12(14)3/h5-10,15H,4H2,1-3H3,(H,17,18)/t15-/m0/s1. The van der Waals surface area contributed by atoms with Gasteiger partial charge in [0.25, 0.3) is 5.91 Å². The molecule has 3 heteroatoms. The van der Waals surface area contributed by atoms with Gasteiger partial charge in [-0.1, -0.05) is 37.3 Å². The molecule has 1 N–H and O–H groups in total. The lowest BCUT2D eigenvalue weighted by molar-refractivity contribution is 0.0934. The Bertz CT molecular complexity index is 557. The van der Waals surface area contributed by atoms with Crippen molar-refractivity contribution in [3.63, 3.8) is 0 Å². The third kappa shape index (κ3) is 3.05. The molecule has 0 spiro atoms. The molecule has 0 unspecified atom stereocenters. The fourth-order valence-corrected chi connectivity index (χ4v) is 2.20. The maximum absolute atomic E-state index is 12.3. The van der Waals surface area contributed by atoms with Crippen LogP contribution in [0.3, 0.4) is 0 Å². The zero-order chi connectivity index (χ0) is 13.8. The summed E-state index contributed by atoms with van der Waals surface area (Å²) in [6.45, 7) is 5.72. The summed E-state index contributed by atoms with van der Waals surface area (Å²) >= 11 is 0. The third-order valence-corrected chi connectivity index (χ3v) is 3.20. The van der Waals surface area contributed by atoms with Gasteiger partial charge in [0, 0.05) is 0 Å². The Morgan fingerprint density at radius 2 is 1.95 bits per heavy atom. The normalized spacial score (nSPS) is 12.2. The van der Waals surface area contributed by atoms with Crippen LogP contribution in [-0.4, -0.2) is 5.91 Å². The van der Waals surface area contributed by atoms with E-state index in [1.807, 2.05) is 44.2 Å². The lowest BCUT2D eigenvalue weighted by Crippen LogP contribution is -2.28. The molecule has 0 fully saturated rings. The molecule has 1 aromatic carbocycles. The predicted molar refractivity (Wildman–Crippen MR) is 75.1 cm³/mol. The lowest BCUT2D eigenvalue weighted by Gasteiger charge is -2.17. The van der Waals surface area contributed by atoms with Crippen LogP contribution < -0.4 is 5.32 Å². The van der Waals surface area contributed by atoms with E-state index in [1.165, 1.54) is 0 Å². The zero-order valence-electron chi connectivity index (χ0n) is 11.6. The van der Waals surface area contributed by atoms with Gasteiger partial charge >= 0.3 is 0 Å². The highest BCUT2D eigenvalue weighted by atomic mass is 16.3. The number of hydrogen-bond donors (Lipinski definition) is 1. The zero-order valence-corrected chi connectivity index (χ0v) is 11.6. The van der Waals surface area contributed by atoms with Crippen LogP contribution in [0.15, 0.2) is 40.8 Å². The van der Waals surface area contributed by atoms with Gasteiger partial charge < -0.3 is 9.73 Å². The number of rotatable bonds is 4. The second-order valence-corrected chi connectivity index (χ2v) is 4.67. The van der Waals surface area contributed by atoms with Crippen molar-refractivity contribution in [3.05, 3.63) is 59.0 Å². The van der Waals surface area contributed by atoms with E-state index in [4.69, 9.17) is 4.42 Å². The van der Waals surface area contributed by atoms with Crippen LogP contribution in [0.25, 0.3) is 0 Å². The average Bonchev–Trinajstić information content (AvgIpc) is 2.76. The van der Waals surface area contributed by atoms with Gasteiger partial charge in [0.15, 0.2) is 0 Å². The maximum Gasteiger partial charge on any atom is 0.255 e. The van der Waals surface area contributed by atoms with Gasteiger partial charge in [0.2, 0.25) is 0 Å². The number of nitrogens with one attached hydrogen (secondary N) is 1. The van der Waals surface area contributed by atoms with Crippen molar-refractivity contribution in [1.82, 2.24) is 5.32 Å². The molecule has 0 bridgehead atoms. The van der Waals surface area contributed by atoms with Gasteiger partial charge in [-0.25, -0.2) is 0 Å². The molecule has 1 heterocycles. The monoisotopic (exact) mass is 257 g/mol. The van der Waals surface area contributed by atoms with Crippen molar-refractivity contribution < 1.29 is 9.21 Å². The molecule has 2 aromatic rings. The summed E-state index contributed by atoms with van der Waals surface area (Å²) in [6, 6.07) is 11.8. The molecular weight excluding hydrogens is 238 g/mol. The van der Waals surface area contributed by atoms with E-state index >= 15 is 0 Å². The average molecular weight is 257 g/mol. The van der Waals surface area contributed by atoms with E-state index < -0.39 is 0 Å². The summed E-state index contributed by atoms with van der Waals surface area (Å²) in [5.74, 6) is 1.35. The maximum atomic E-state index is 12.3. The molecule has 3 nitrogen and oxygen atoms in total. The van der Waals surface area contributed by atoms with Gasteiger partial charge in [-0.15, -0.1) is 0 Å². The largest absolute Gasteiger partial charge is 0.466 e. The highest BCUT2D eigenvalue weighted by molar-refractivity contribution is 5.95. The second-order valence-electron chi connectivity index (χ2n) is 4.67. The fourth-order valence-electron chi connectivity index (χ4n) is 2.20. The molecule has 2 rings (SSSR count). The van der Waals surface area contributed by atoms with Crippen LogP contribution >= 0.6 is 0 Å². The van der Waals surface area contributed by atoms with Gasteiger partial charge in [0.05, 0.1) is 11.6 Å². The first-order chi connectivity index (χ1) is 9.11. The Morgan fingerprint density at radius 1 is 1.26 bits per heavy atom. The molecule has 0 aliphatic carbocycles. The molecule has 1 atom stereocenters. The summed E-state index contributed by atoms with van der Waals surface area (Å²) in [6.07, 6.45) is 0.853. The molecule has 0 radical (unpaired) electrons. The van der Waals surface area contributed by atoms with Crippen molar-refractivity contribution in [2.75, 3.05) is 0 Å². The summed E-state index contributed by atoms with van der Waals surface area (Å²) in [5.41, 5.74) is 1.74. The van der Waals surface area contributed by atoms with Crippen LogP contribution in [0, 0.1) is 13.8 Å². The Kier molecular flexibility index (Phi) is 4.05. The van der Waals surface area contributed by atoms with E-state index in [0.717, 1.165) is 17.7 Å². The minimum Gasteiger partial charge on any atom is -0.466 e. The van der Waals surface area contributed by atoms with Gasteiger partial charge in [0.1, 0.15) is 11.5 Å². The van der Waals surface area contributed by atoms with E-state index in [9.17, 15) is 4.79 Å². The molecule has 0 saturated heterocycles.